The number of carbonyl (C=O) groups excluding carboxylic acids is 2. The van der Waals surface area contributed by atoms with Gasteiger partial charge in [-0.15, -0.1) is 0 Å². The van der Waals surface area contributed by atoms with E-state index >= 15 is 0 Å². The van der Waals surface area contributed by atoms with Gasteiger partial charge < -0.3 is 9.64 Å². The fourth-order valence-electron chi connectivity index (χ4n) is 3.99. The van der Waals surface area contributed by atoms with E-state index < -0.39 is 0 Å². The predicted molar refractivity (Wildman–Crippen MR) is 88.5 cm³/mol. The van der Waals surface area contributed by atoms with Gasteiger partial charge in [0.1, 0.15) is 5.69 Å². The smallest absolute Gasteiger partial charge is 0.272 e. The zero-order chi connectivity index (χ0) is 17.4. The first-order valence-corrected chi connectivity index (χ1v) is 8.94. The zero-order valence-corrected chi connectivity index (χ0v) is 14.4. The van der Waals surface area contributed by atoms with Gasteiger partial charge >= 0.3 is 0 Å². The average Bonchev–Trinajstić information content (AvgIpc) is 3.31. The van der Waals surface area contributed by atoms with Crippen molar-refractivity contribution in [1.82, 2.24) is 14.9 Å². The number of carbonyl (C=O) groups is 2. The second kappa shape index (κ2) is 6.72. The topological polar surface area (TPSA) is 72.0 Å². The SMILES string of the molecule is Cc1cccc(C(=O)N2C[C@H](C(=O)N3CCCO3)C[C@@H]3OCC[C@@H]32)n1. The van der Waals surface area contributed by atoms with E-state index in [1.165, 1.54) is 5.06 Å². The van der Waals surface area contributed by atoms with E-state index in [1.54, 1.807) is 11.0 Å². The number of aromatic nitrogens is 1. The first kappa shape index (κ1) is 16.5. The van der Waals surface area contributed by atoms with Crippen LogP contribution in [-0.2, 0) is 14.4 Å². The molecular formula is C18H23N3O4. The Morgan fingerprint density at radius 3 is 2.92 bits per heavy atom. The van der Waals surface area contributed by atoms with E-state index in [0.29, 0.717) is 38.4 Å². The van der Waals surface area contributed by atoms with Gasteiger partial charge in [-0.3, -0.25) is 14.4 Å². The number of nitrogens with zero attached hydrogens (tertiary/aromatic N) is 3. The molecule has 4 rings (SSSR count). The van der Waals surface area contributed by atoms with Crippen molar-refractivity contribution in [2.24, 2.45) is 5.92 Å². The maximum atomic E-state index is 13.0. The summed E-state index contributed by atoms with van der Waals surface area (Å²) < 4.78 is 5.81. The second-order valence-electron chi connectivity index (χ2n) is 6.95. The molecule has 3 aliphatic heterocycles. The van der Waals surface area contributed by atoms with E-state index in [4.69, 9.17) is 9.57 Å². The molecule has 134 valence electrons. The van der Waals surface area contributed by atoms with Crippen molar-refractivity contribution in [3.63, 3.8) is 0 Å². The van der Waals surface area contributed by atoms with E-state index in [2.05, 4.69) is 4.98 Å². The van der Waals surface area contributed by atoms with Gasteiger partial charge in [-0.2, -0.15) is 0 Å². The third-order valence-corrected chi connectivity index (χ3v) is 5.22. The Balaban J connectivity index is 1.56. The highest BCUT2D eigenvalue weighted by Crippen LogP contribution is 2.33. The second-order valence-corrected chi connectivity index (χ2v) is 6.95. The molecule has 2 amide bonds. The number of hydrogen-bond donors (Lipinski definition) is 0. The molecule has 3 atom stereocenters. The maximum Gasteiger partial charge on any atom is 0.272 e. The number of aryl methyl sites for hydroxylation is 1. The van der Waals surface area contributed by atoms with Crippen molar-refractivity contribution in [3.8, 4) is 0 Å². The molecule has 0 radical (unpaired) electrons. The molecule has 0 N–H and O–H groups in total. The number of amides is 2. The van der Waals surface area contributed by atoms with Crippen LogP contribution in [0.4, 0.5) is 0 Å². The Kier molecular flexibility index (Phi) is 4.43. The van der Waals surface area contributed by atoms with Crippen molar-refractivity contribution in [2.75, 3.05) is 26.3 Å². The van der Waals surface area contributed by atoms with E-state index in [-0.39, 0.29) is 29.9 Å². The van der Waals surface area contributed by atoms with Gasteiger partial charge in [0.05, 0.1) is 31.2 Å². The van der Waals surface area contributed by atoms with E-state index in [0.717, 1.165) is 18.5 Å². The normalized spacial score (nSPS) is 28.9. The molecule has 1 aromatic heterocycles. The van der Waals surface area contributed by atoms with Gasteiger partial charge in [-0.1, -0.05) is 6.07 Å². The highest BCUT2D eigenvalue weighted by Gasteiger charge is 2.45. The quantitative estimate of drug-likeness (QED) is 0.805. The summed E-state index contributed by atoms with van der Waals surface area (Å²) in [5.74, 6) is -0.447. The third kappa shape index (κ3) is 3.14. The Morgan fingerprint density at radius 2 is 2.16 bits per heavy atom. The lowest BCUT2D eigenvalue weighted by Crippen LogP contribution is -2.55. The summed E-state index contributed by atoms with van der Waals surface area (Å²) in [5, 5.41) is 1.45. The number of rotatable bonds is 2. The molecule has 3 aliphatic rings. The first-order valence-electron chi connectivity index (χ1n) is 8.94. The van der Waals surface area contributed by atoms with Crippen molar-refractivity contribution in [2.45, 2.75) is 38.3 Å². The van der Waals surface area contributed by atoms with Crippen molar-refractivity contribution >= 4 is 11.8 Å². The molecule has 4 heterocycles. The van der Waals surface area contributed by atoms with Gasteiger partial charge in [0, 0.05) is 18.8 Å². The van der Waals surface area contributed by atoms with Crippen LogP contribution in [0.1, 0.15) is 35.4 Å². The molecule has 0 spiro atoms. The predicted octanol–water partition coefficient (Wildman–Crippen LogP) is 1.17. The number of likely N-dealkylation sites (tertiary alicyclic amines) is 1. The van der Waals surface area contributed by atoms with Crippen molar-refractivity contribution < 1.29 is 19.2 Å². The Hall–Kier alpha value is -1.99. The minimum atomic E-state index is -0.286. The minimum Gasteiger partial charge on any atom is -0.376 e. The number of fused-ring (bicyclic) bond motifs is 1. The van der Waals surface area contributed by atoms with Crippen LogP contribution in [0.25, 0.3) is 0 Å². The van der Waals surface area contributed by atoms with Gasteiger partial charge in [0.25, 0.3) is 11.8 Å². The highest BCUT2D eigenvalue weighted by atomic mass is 16.7. The number of ether oxygens (including phenoxy) is 1. The summed E-state index contributed by atoms with van der Waals surface area (Å²) in [6, 6.07) is 5.46. The fraction of sp³-hybridized carbons (Fsp3) is 0.611. The summed E-state index contributed by atoms with van der Waals surface area (Å²) in [5.41, 5.74) is 1.23. The molecular weight excluding hydrogens is 322 g/mol. The number of pyridine rings is 1. The maximum absolute atomic E-state index is 13.0. The Bertz CT molecular complexity index is 674. The van der Waals surface area contributed by atoms with Crippen LogP contribution in [0.3, 0.4) is 0 Å². The molecule has 25 heavy (non-hydrogen) atoms. The van der Waals surface area contributed by atoms with Gasteiger partial charge in [-0.25, -0.2) is 10.0 Å². The van der Waals surface area contributed by atoms with Crippen LogP contribution >= 0.6 is 0 Å². The lowest BCUT2D eigenvalue weighted by molar-refractivity contribution is -0.176. The van der Waals surface area contributed by atoms with E-state index in [9.17, 15) is 9.59 Å². The van der Waals surface area contributed by atoms with Crippen LogP contribution in [0.5, 0.6) is 0 Å². The molecule has 3 fully saturated rings. The largest absolute Gasteiger partial charge is 0.376 e. The van der Waals surface area contributed by atoms with Gasteiger partial charge in [0.15, 0.2) is 0 Å². The van der Waals surface area contributed by atoms with Crippen molar-refractivity contribution in [1.29, 1.82) is 0 Å². The van der Waals surface area contributed by atoms with Crippen molar-refractivity contribution in [3.05, 3.63) is 29.6 Å². The molecule has 0 aromatic carbocycles. The fourth-order valence-corrected chi connectivity index (χ4v) is 3.99. The van der Waals surface area contributed by atoms with Crippen LogP contribution < -0.4 is 0 Å². The molecule has 7 heteroatoms. The number of hydrogen-bond acceptors (Lipinski definition) is 5. The highest BCUT2D eigenvalue weighted by molar-refractivity contribution is 5.93. The summed E-state index contributed by atoms with van der Waals surface area (Å²) >= 11 is 0. The molecule has 1 aromatic rings. The lowest BCUT2D eigenvalue weighted by Gasteiger charge is -2.40. The standard InChI is InChI=1S/C18H23N3O4/c1-12-4-2-5-14(19-12)18(23)20-11-13(10-16-15(20)6-9-24-16)17(22)21-7-3-8-25-21/h2,4-5,13,15-16H,3,6-11H2,1H3/t13-,15+,16+/m1/s1. The van der Waals surface area contributed by atoms with Gasteiger partial charge in [-0.05, 0) is 38.3 Å². The monoisotopic (exact) mass is 345 g/mol. The number of hydroxylamine groups is 2. The molecule has 7 nitrogen and oxygen atoms in total. The Morgan fingerprint density at radius 1 is 1.28 bits per heavy atom. The summed E-state index contributed by atoms with van der Waals surface area (Å²) in [7, 11) is 0. The van der Waals surface area contributed by atoms with Crippen LogP contribution in [0, 0.1) is 12.8 Å². The number of piperidine rings is 1. The van der Waals surface area contributed by atoms with Crippen LogP contribution in [0.15, 0.2) is 18.2 Å². The minimum absolute atomic E-state index is 0.0263. The average molecular weight is 345 g/mol. The molecule has 0 saturated carbocycles. The summed E-state index contributed by atoms with van der Waals surface area (Å²) in [4.78, 5) is 37.3. The zero-order valence-electron chi connectivity index (χ0n) is 14.4. The molecule has 0 aliphatic carbocycles. The molecule has 3 saturated heterocycles. The van der Waals surface area contributed by atoms with E-state index in [1.807, 2.05) is 19.1 Å². The Labute approximate surface area is 146 Å². The van der Waals surface area contributed by atoms with Gasteiger partial charge in [0.2, 0.25) is 0 Å². The van der Waals surface area contributed by atoms with Crippen LogP contribution in [0.2, 0.25) is 0 Å². The lowest BCUT2D eigenvalue weighted by atomic mass is 9.89. The first-order chi connectivity index (χ1) is 12.1. The molecule has 0 unspecified atom stereocenters. The third-order valence-electron chi connectivity index (χ3n) is 5.22. The molecule has 0 bridgehead atoms. The summed E-state index contributed by atoms with van der Waals surface area (Å²) in [6.07, 6.45) is 2.23. The van der Waals surface area contributed by atoms with Crippen LogP contribution in [-0.4, -0.2) is 65.2 Å². The summed E-state index contributed by atoms with van der Waals surface area (Å²) in [6.45, 7) is 4.10.